The Bertz CT molecular complexity index is 1030. The van der Waals surface area contributed by atoms with Gasteiger partial charge in [-0.3, -0.25) is 4.79 Å². The highest BCUT2D eigenvalue weighted by Crippen LogP contribution is 2.28. The number of carboxylic acids is 1. The summed E-state index contributed by atoms with van der Waals surface area (Å²) in [6, 6.07) is 1.32. The predicted octanol–water partition coefficient (Wildman–Crippen LogP) is 1.07. The van der Waals surface area contributed by atoms with E-state index in [1.165, 1.54) is 6.07 Å². The number of carbonyl (C=O) groups excluding carboxylic acids is 2. The van der Waals surface area contributed by atoms with E-state index in [-0.39, 0.29) is 31.6 Å². The number of hydrogen-bond acceptors (Lipinski definition) is 6. The van der Waals surface area contributed by atoms with Crippen LogP contribution in [0.5, 0.6) is 5.75 Å². The number of aromatic hydroxyl groups is 1. The highest BCUT2D eigenvalue weighted by molar-refractivity contribution is 5.86. The summed E-state index contributed by atoms with van der Waals surface area (Å²) in [5, 5.41) is 24.5. The van der Waals surface area contributed by atoms with Gasteiger partial charge in [0.2, 0.25) is 5.91 Å². The van der Waals surface area contributed by atoms with Crippen molar-refractivity contribution in [3.05, 3.63) is 39.2 Å². The number of hydrogen-bond donors (Lipinski definition) is 5. The van der Waals surface area contributed by atoms with Gasteiger partial charge in [0.25, 0.3) is 0 Å². The summed E-state index contributed by atoms with van der Waals surface area (Å²) in [6.45, 7) is 3.56. The third-order valence-corrected chi connectivity index (χ3v) is 4.88. The molecule has 1 aromatic carbocycles. The maximum Gasteiger partial charge on any atom is 0.339 e. The van der Waals surface area contributed by atoms with Crippen molar-refractivity contribution in [3.63, 3.8) is 0 Å². The maximum atomic E-state index is 12.4. The molecule has 1 aromatic heterocycles. The van der Waals surface area contributed by atoms with Crippen LogP contribution >= 0.6 is 0 Å². The summed E-state index contributed by atoms with van der Waals surface area (Å²) < 4.78 is 5.34. The molecule has 0 saturated carbocycles. The van der Waals surface area contributed by atoms with Crippen molar-refractivity contribution in [2.45, 2.75) is 45.6 Å². The lowest BCUT2D eigenvalue weighted by molar-refractivity contribution is -0.142. The number of benzene rings is 1. The second kappa shape index (κ2) is 9.77. The van der Waals surface area contributed by atoms with E-state index < -0.39 is 29.6 Å². The zero-order chi connectivity index (χ0) is 22.4. The SMILES string of the molecule is Cc1c(CCC(=O)NC(CCCNC(N)=O)C(=O)O)c(=O)oc2c(C)c(O)ccc12. The minimum atomic E-state index is -1.20. The Morgan fingerprint density at radius 3 is 2.53 bits per heavy atom. The van der Waals surface area contributed by atoms with Gasteiger partial charge < -0.3 is 31.0 Å². The topological polar surface area (TPSA) is 172 Å². The standard InChI is InChI=1S/C20H25N3O7/c1-10-12-5-7-15(24)11(2)17(12)30-19(28)13(10)6-8-16(25)23-14(18(26)27)4-3-9-22-20(21)29/h5,7,14,24H,3-4,6,8-9H2,1-2H3,(H,23,25)(H,26,27)(H3,21,22,29). The van der Waals surface area contributed by atoms with Gasteiger partial charge >= 0.3 is 17.6 Å². The summed E-state index contributed by atoms with van der Waals surface area (Å²) in [7, 11) is 0. The van der Waals surface area contributed by atoms with E-state index in [9.17, 15) is 29.4 Å². The van der Waals surface area contributed by atoms with Crippen LogP contribution in [0.15, 0.2) is 21.3 Å². The van der Waals surface area contributed by atoms with Gasteiger partial charge in [0, 0.05) is 29.5 Å². The number of aryl methyl sites for hydroxylation is 2. The normalized spacial score (nSPS) is 11.8. The molecular formula is C20H25N3O7. The maximum absolute atomic E-state index is 12.4. The van der Waals surface area contributed by atoms with Gasteiger partial charge in [-0.2, -0.15) is 0 Å². The molecule has 3 amide bonds. The fourth-order valence-electron chi connectivity index (χ4n) is 3.15. The van der Waals surface area contributed by atoms with E-state index in [0.717, 1.165) is 0 Å². The van der Waals surface area contributed by atoms with Crippen LogP contribution in [0.1, 0.15) is 36.0 Å². The molecule has 1 heterocycles. The molecule has 10 nitrogen and oxygen atoms in total. The lowest BCUT2D eigenvalue weighted by Gasteiger charge is -2.15. The molecule has 0 aliphatic rings. The fraction of sp³-hybridized carbons (Fsp3) is 0.400. The minimum Gasteiger partial charge on any atom is -0.508 e. The first-order valence-corrected chi connectivity index (χ1v) is 9.42. The molecule has 6 N–H and O–H groups in total. The van der Waals surface area contributed by atoms with E-state index in [0.29, 0.717) is 34.1 Å². The second-order valence-electron chi connectivity index (χ2n) is 6.97. The van der Waals surface area contributed by atoms with E-state index in [1.54, 1.807) is 19.9 Å². The lowest BCUT2D eigenvalue weighted by Crippen LogP contribution is -2.41. The third-order valence-electron chi connectivity index (χ3n) is 4.88. The van der Waals surface area contributed by atoms with Crippen LogP contribution in [0.4, 0.5) is 4.79 Å². The van der Waals surface area contributed by atoms with Crippen molar-refractivity contribution in [2.24, 2.45) is 5.73 Å². The number of urea groups is 1. The Morgan fingerprint density at radius 2 is 1.90 bits per heavy atom. The van der Waals surface area contributed by atoms with Gasteiger partial charge in [-0.05, 0) is 50.8 Å². The van der Waals surface area contributed by atoms with Crippen LogP contribution in [0.3, 0.4) is 0 Å². The number of primary amides is 1. The fourth-order valence-corrected chi connectivity index (χ4v) is 3.15. The first-order chi connectivity index (χ1) is 14.1. The van der Waals surface area contributed by atoms with Crippen molar-refractivity contribution in [2.75, 3.05) is 6.54 Å². The molecule has 2 rings (SSSR count). The third kappa shape index (κ3) is 5.49. The molecule has 2 aromatic rings. The molecule has 1 unspecified atom stereocenters. The Hall–Kier alpha value is -3.56. The number of carboxylic acid groups (broad SMARTS) is 1. The number of carbonyl (C=O) groups is 3. The van der Waals surface area contributed by atoms with Gasteiger partial charge in [0.15, 0.2) is 0 Å². The molecule has 0 bridgehead atoms. The van der Waals surface area contributed by atoms with E-state index >= 15 is 0 Å². The second-order valence-corrected chi connectivity index (χ2v) is 6.97. The van der Waals surface area contributed by atoms with Crippen molar-refractivity contribution in [1.29, 1.82) is 0 Å². The molecule has 0 aliphatic carbocycles. The molecule has 1 atom stereocenters. The Kier molecular flexibility index (Phi) is 7.40. The van der Waals surface area contributed by atoms with Crippen LogP contribution in [-0.2, 0) is 16.0 Å². The number of nitrogens with two attached hydrogens (primary N) is 1. The number of rotatable bonds is 9. The van der Waals surface area contributed by atoms with Crippen LogP contribution < -0.4 is 22.0 Å². The number of nitrogens with one attached hydrogen (secondary N) is 2. The lowest BCUT2D eigenvalue weighted by atomic mass is 10.00. The molecule has 0 spiro atoms. The van der Waals surface area contributed by atoms with Gasteiger partial charge in [0.05, 0.1) is 0 Å². The van der Waals surface area contributed by atoms with E-state index in [4.69, 9.17) is 10.2 Å². The number of phenols is 1. The average molecular weight is 419 g/mol. The molecule has 0 aliphatic heterocycles. The number of phenolic OH excluding ortho intramolecular Hbond substituents is 1. The van der Waals surface area contributed by atoms with Gasteiger partial charge in [-0.15, -0.1) is 0 Å². The van der Waals surface area contributed by atoms with Crippen molar-refractivity contribution >= 4 is 28.9 Å². The molecule has 30 heavy (non-hydrogen) atoms. The van der Waals surface area contributed by atoms with E-state index in [1.807, 2.05) is 0 Å². The largest absolute Gasteiger partial charge is 0.508 e. The summed E-state index contributed by atoms with van der Waals surface area (Å²) in [5.74, 6) is -1.70. The first-order valence-electron chi connectivity index (χ1n) is 9.42. The van der Waals surface area contributed by atoms with Crippen molar-refractivity contribution < 1.29 is 29.0 Å². The zero-order valence-electron chi connectivity index (χ0n) is 16.8. The van der Waals surface area contributed by atoms with Gasteiger partial charge in [0.1, 0.15) is 17.4 Å². The minimum absolute atomic E-state index is 0.0166. The first kappa shape index (κ1) is 22.7. The van der Waals surface area contributed by atoms with Crippen LogP contribution in [0.25, 0.3) is 11.0 Å². The van der Waals surface area contributed by atoms with Crippen LogP contribution in [0.2, 0.25) is 0 Å². The Morgan fingerprint density at radius 1 is 1.20 bits per heavy atom. The molecule has 162 valence electrons. The van der Waals surface area contributed by atoms with Crippen LogP contribution in [-0.4, -0.2) is 40.7 Å². The number of fused-ring (bicyclic) bond motifs is 1. The van der Waals surface area contributed by atoms with Crippen molar-refractivity contribution in [1.82, 2.24) is 10.6 Å². The molecule has 10 heteroatoms. The number of amides is 3. The molecule has 0 radical (unpaired) electrons. The monoisotopic (exact) mass is 419 g/mol. The summed E-state index contributed by atoms with van der Waals surface area (Å²) in [6.07, 6.45) is 0.407. The summed E-state index contributed by atoms with van der Waals surface area (Å²) >= 11 is 0. The molecular weight excluding hydrogens is 394 g/mol. The average Bonchev–Trinajstić information content (AvgIpc) is 2.67. The quantitative estimate of drug-likeness (QED) is 0.299. The highest BCUT2D eigenvalue weighted by atomic mass is 16.4. The Balaban J connectivity index is 2.05. The van der Waals surface area contributed by atoms with Crippen LogP contribution in [0, 0.1) is 13.8 Å². The van der Waals surface area contributed by atoms with Gasteiger partial charge in [-0.25, -0.2) is 14.4 Å². The zero-order valence-corrected chi connectivity index (χ0v) is 16.8. The predicted molar refractivity (Wildman–Crippen MR) is 108 cm³/mol. The molecule has 0 saturated heterocycles. The Labute approximate surface area is 172 Å². The summed E-state index contributed by atoms with van der Waals surface area (Å²) in [5.41, 5.74) is 6.04. The molecule has 0 fully saturated rings. The van der Waals surface area contributed by atoms with Gasteiger partial charge in [-0.1, -0.05) is 0 Å². The summed E-state index contributed by atoms with van der Waals surface area (Å²) in [4.78, 5) is 46.6. The smallest absolute Gasteiger partial charge is 0.339 e. The van der Waals surface area contributed by atoms with Crippen molar-refractivity contribution in [3.8, 4) is 5.75 Å². The highest BCUT2D eigenvalue weighted by Gasteiger charge is 2.21. The number of aliphatic carboxylic acids is 1. The van der Waals surface area contributed by atoms with E-state index in [2.05, 4.69) is 10.6 Å².